The average molecular weight is 212 g/mol. The normalized spacial score (nSPS) is 31.9. The maximum atomic E-state index is 12.0. The molecule has 4 nitrogen and oxygen atoms in total. The molecule has 15 heavy (non-hydrogen) atoms. The van der Waals surface area contributed by atoms with E-state index in [9.17, 15) is 4.79 Å². The average Bonchev–Trinajstić information content (AvgIpc) is 2.71. The molecule has 0 aromatic heterocycles. The van der Waals surface area contributed by atoms with Gasteiger partial charge in [-0.05, 0) is 26.3 Å². The Bertz CT molecular complexity index is 227. The zero-order valence-electron chi connectivity index (χ0n) is 9.37. The van der Waals surface area contributed by atoms with Crippen LogP contribution in [0.5, 0.6) is 0 Å². The van der Waals surface area contributed by atoms with E-state index in [4.69, 9.17) is 4.74 Å². The Morgan fingerprint density at radius 3 is 3.13 bits per heavy atom. The molecule has 2 atom stereocenters. The predicted octanol–water partition coefficient (Wildman–Crippen LogP) is 0.376. The number of carbonyl (C=O) groups is 1. The summed E-state index contributed by atoms with van der Waals surface area (Å²) >= 11 is 0. The van der Waals surface area contributed by atoms with E-state index in [1.165, 1.54) is 6.42 Å². The minimum atomic E-state index is 0.243. The lowest BCUT2D eigenvalue weighted by atomic mass is 10.1. The van der Waals surface area contributed by atoms with E-state index in [1.54, 1.807) is 0 Å². The van der Waals surface area contributed by atoms with Crippen molar-refractivity contribution in [2.24, 2.45) is 0 Å². The van der Waals surface area contributed by atoms with Gasteiger partial charge in [-0.2, -0.15) is 0 Å². The number of ether oxygens (including phenoxy) is 1. The highest BCUT2D eigenvalue weighted by atomic mass is 16.5. The van der Waals surface area contributed by atoms with E-state index >= 15 is 0 Å². The highest BCUT2D eigenvalue weighted by Gasteiger charge is 2.26. The molecule has 0 bridgehead atoms. The van der Waals surface area contributed by atoms with Crippen LogP contribution in [0, 0.1) is 0 Å². The number of morpholine rings is 1. The number of nitrogens with zero attached hydrogens (tertiary/aromatic N) is 1. The Hall–Kier alpha value is -0.610. The maximum Gasteiger partial charge on any atom is 0.224 e. The molecule has 1 unspecified atom stereocenters. The van der Waals surface area contributed by atoms with E-state index in [1.807, 2.05) is 4.90 Å². The summed E-state index contributed by atoms with van der Waals surface area (Å²) in [5.74, 6) is 0.283. The summed E-state index contributed by atoms with van der Waals surface area (Å²) in [4.78, 5) is 14.0. The number of nitrogens with one attached hydrogen (secondary N) is 1. The van der Waals surface area contributed by atoms with Crippen molar-refractivity contribution in [2.75, 3.05) is 26.3 Å². The lowest BCUT2D eigenvalue weighted by Crippen LogP contribution is -2.48. The van der Waals surface area contributed by atoms with Gasteiger partial charge in [0, 0.05) is 19.0 Å². The number of hydrogen-bond donors (Lipinski definition) is 1. The van der Waals surface area contributed by atoms with Crippen LogP contribution < -0.4 is 5.32 Å². The van der Waals surface area contributed by atoms with E-state index in [-0.39, 0.29) is 11.9 Å². The Balaban J connectivity index is 1.83. The molecular formula is C11H20N2O2. The highest BCUT2D eigenvalue weighted by molar-refractivity contribution is 5.77. The monoisotopic (exact) mass is 212 g/mol. The van der Waals surface area contributed by atoms with Gasteiger partial charge in [0.1, 0.15) is 0 Å². The summed E-state index contributed by atoms with van der Waals surface area (Å²) in [7, 11) is 0. The standard InChI is InChI=1S/C11H20N2O2/c1-9-8-15-6-5-13(9)11(14)7-10-3-2-4-12-10/h9-10,12H,2-8H2,1H3/t9-,10?/m1/s1. The summed E-state index contributed by atoms with van der Waals surface area (Å²) in [6, 6.07) is 0.653. The van der Waals surface area contributed by atoms with Crippen molar-refractivity contribution in [3.8, 4) is 0 Å². The number of rotatable bonds is 2. The third kappa shape index (κ3) is 2.69. The fraction of sp³-hybridized carbons (Fsp3) is 0.909. The molecule has 2 rings (SSSR count). The van der Waals surface area contributed by atoms with Gasteiger partial charge in [0.15, 0.2) is 0 Å². The summed E-state index contributed by atoms with van der Waals surface area (Å²) in [5, 5.41) is 3.36. The molecule has 1 N–H and O–H groups in total. The molecule has 2 fully saturated rings. The predicted molar refractivity (Wildman–Crippen MR) is 57.6 cm³/mol. The minimum Gasteiger partial charge on any atom is -0.377 e. The molecule has 86 valence electrons. The van der Waals surface area contributed by atoms with Crippen LogP contribution in [0.2, 0.25) is 0 Å². The first kappa shape index (κ1) is 10.9. The van der Waals surface area contributed by atoms with Crippen LogP contribution in [0.15, 0.2) is 0 Å². The minimum absolute atomic E-state index is 0.243. The van der Waals surface area contributed by atoms with E-state index in [0.29, 0.717) is 25.7 Å². The van der Waals surface area contributed by atoms with Crippen molar-refractivity contribution in [1.29, 1.82) is 0 Å². The first-order valence-electron chi connectivity index (χ1n) is 5.88. The molecule has 0 aromatic carbocycles. The van der Waals surface area contributed by atoms with Gasteiger partial charge in [0.25, 0.3) is 0 Å². The molecule has 2 aliphatic rings. The van der Waals surface area contributed by atoms with Crippen LogP contribution in [0.3, 0.4) is 0 Å². The van der Waals surface area contributed by atoms with Crippen LogP contribution in [-0.2, 0) is 9.53 Å². The summed E-state index contributed by atoms with van der Waals surface area (Å²) in [5.41, 5.74) is 0. The second kappa shape index (κ2) is 4.94. The second-order valence-corrected chi connectivity index (χ2v) is 4.51. The van der Waals surface area contributed by atoms with Gasteiger partial charge >= 0.3 is 0 Å². The number of amides is 1. The summed E-state index contributed by atoms with van der Waals surface area (Å²) < 4.78 is 5.32. The molecule has 1 amide bonds. The Labute approximate surface area is 91.0 Å². The Morgan fingerprint density at radius 1 is 1.60 bits per heavy atom. The van der Waals surface area contributed by atoms with Crippen LogP contribution >= 0.6 is 0 Å². The van der Waals surface area contributed by atoms with Gasteiger partial charge in [-0.15, -0.1) is 0 Å². The van der Waals surface area contributed by atoms with Gasteiger partial charge in [0.05, 0.1) is 19.3 Å². The number of hydrogen-bond acceptors (Lipinski definition) is 3. The molecule has 0 saturated carbocycles. The second-order valence-electron chi connectivity index (χ2n) is 4.51. The molecule has 0 aromatic rings. The van der Waals surface area contributed by atoms with Gasteiger partial charge < -0.3 is 15.0 Å². The first-order valence-corrected chi connectivity index (χ1v) is 5.88. The third-order valence-corrected chi connectivity index (χ3v) is 3.27. The van der Waals surface area contributed by atoms with Crippen LogP contribution in [0.25, 0.3) is 0 Å². The van der Waals surface area contributed by atoms with Crippen LogP contribution in [0.4, 0.5) is 0 Å². The molecule has 0 radical (unpaired) electrons. The first-order chi connectivity index (χ1) is 7.27. The molecule has 2 heterocycles. The maximum absolute atomic E-state index is 12.0. The molecular weight excluding hydrogens is 192 g/mol. The smallest absolute Gasteiger partial charge is 0.224 e. The molecule has 4 heteroatoms. The molecule has 2 saturated heterocycles. The largest absolute Gasteiger partial charge is 0.377 e. The van der Waals surface area contributed by atoms with Crippen molar-refractivity contribution >= 4 is 5.91 Å². The summed E-state index contributed by atoms with van der Waals surface area (Å²) in [6.07, 6.45) is 3.01. The fourth-order valence-electron chi connectivity index (χ4n) is 2.36. The van der Waals surface area contributed by atoms with Crippen molar-refractivity contribution in [3.63, 3.8) is 0 Å². The van der Waals surface area contributed by atoms with Gasteiger partial charge in [-0.1, -0.05) is 0 Å². The Morgan fingerprint density at radius 2 is 2.47 bits per heavy atom. The van der Waals surface area contributed by atoms with Crippen molar-refractivity contribution in [2.45, 2.75) is 38.3 Å². The zero-order chi connectivity index (χ0) is 10.7. The van der Waals surface area contributed by atoms with Crippen LogP contribution in [-0.4, -0.2) is 49.2 Å². The quantitative estimate of drug-likeness (QED) is 0.719. The molecule has 2 aliphatic heterocycles. The zero-order valence-corrected chi connectivity index (χ0v) is 9.37. The summed E-state index contributed by atoms with van der Waals surface area (Å²) in [6.45, 7) is 5.25. The van der Waals surface area contributed by atoms with Gasteiger partial charge in [0.2, 0.25) is 5.91 Å². The molecule has 0 spiro atoms. The van der Waals surface area contributed by atoms with Crippen molar-refractivity contribution in [1.82, 2.24) is 10.2 Å². The van der Waals surface area contributed by atoms with Crippen LogP contribution in [0.1, 0.15) is 26.2 Å². The third-order valence-electron chi connectivity index (χ3n) is 3.27. The lowest BCUT2D eigenvalue weighted by molar-refractivity contribution is -0.139. The van der Waals surface area contributed by atoms with E-state index < -0.39 is 0 Å². The van der Waals surface area contributed by atoms with Crippen molar-refractivity contribution < 1.29 is 9.53 Å². The SMILES string of the molecule is C[C@@H]1COCCN1C(=O)CC1CCCN1. The fourth-order valence-corrected chi connectivity index (χ4v) is 2.36. The number of carbonyl (C=O) groups excluding carboxylic acids is 1. The highest BCUT2D eigenvalue weighted by Crippen LogP contribution is 2.13. The Kier molecular flexibility index (Phi) is 3.59. The topological polar surface area (TPSA) is 41.6 Å². The lowest BCUT2D eigenvalue weighted by Gasteiger charge is -2.34. The van der Waals surface area contributed by atoms with Crippen molar-refractivity contribution in [3.05, 3.63) is 0 Å². The van der Waals surface area contributed by atoms with Gasteiger partial charge in [-0.3, -0.25) is 4.79 Å². The van der Waals surface area contributed by atoms with E-state index in [0.717, 1.165) is 19.5 Å². The van der Waals surface area contributed by atoms with Gasteiger partial charge in [-0.25, -0.2) is 0 Å². The molecule has 0 aliphatic carbocycles. The van der Waals surface area contributed by atoms with E-state index in [2.05, 4.69) is 12.2 Å².